The van der Waals surface area contributed by atoms with Gasteiger partial charge in [0.25, 0.3) is 0 Å². The van der Waals surface area contributed by atoms with Crippen molar-refractivity contribution in [2.45, 2.75) is 59.7 Å². The molecule has 0 fully saturated rings. The number of hydrogen-bond acceptors (Lipinski definition) is 2. The third-order valence-electron chi connectivity index (χ3n) is 2.94. The lowest BCUT2D eigenvalue weighted by molar-refractivity contribution is -0.0497. The van der Waals surface area contributed by atoms with Gasteiger partial charge in [0.2, 0.25) is 0 Å². The highest BCUT2D eigenvalue weighted by molar-refractivity contribution is 5.21. The van der Waals surface area contributed by atoms with Gasteiger partial charge in [0.05, 0.1) is 0 Å². The summed E-state index contributed by atoms with van der Waals surface area (Å²) < 4.78 is 0. The lowest BCUT2D eigenvalue weighted by Gasteiger charge is -2.40. The minimum absolute atomic E-state index is 0.0868. The van der Waals surface area contributed by atoms with Crippen LogP contribution in [-0.2, 0) is 0 Å². The van der Waals surface area contributed by atoms with Crippen LogP contribution in [0, 0.1) is 23.2 Å². The molecule has 2 heteroatoms. The molecule has 0 heterocycles. The summed E-state index contributed by atoms with van der Waals surface area (Å²) in [5.41, 5.74) is -1.36. The third kappa shape index (κ3) is 3.52. The molecule has 88 valence electrons. The van der Waals surface area contributed by atoms with Gasteiger partial charge in [0.1, 0.15) is 11.7 Å². The quantitative estimate of drug-likeness (QED) is 0.689. The van der Waals surface area contributed by atoms with Crippen molar-refractivity contribution >= 4 is 0 Å². The second-order valence-electron chi connectivity index (χ2n) is 5.27. The molecule has 0 saturated carbocycles. The monoisotopic (exact) mass is 212 g/mol. The third-order valence-corrected chi connectivity index (χ3v) is 2.94. The predicted molar refractivity (Wildman–Crippen MR) is 63.3 cm³/mol. The van der Waals surface area contributed by atoms with Gasteiger partial charge in [-0.25, -0.2) is 0 Å². The molecule has 0 saturated heterocycles. The van der Waals surface area contributed by atoms with Gasteiger partial charge in [-0.15, -0.1) is 0 Å². The average molecular weight is 212 g/mol. The zero-order valence-corrected chi connectivity index (χ0v) is 10.8. The maximum absolute atomic E-state index is 10.6. The van der Waals surface area contributed by atoms with Gasteiger partial charge in [-0.2, -0.15) is 0 Å². The maximum atomic E-state index is 10.6. The topological polar surface area (TPSA) is 40.5 Å². The highest BCUT2D eigenvalue weighted by atomic mass is 16.3. The predicted octanol–water partition coefficient (Wildman–Crippen LogP) is 2.19. The molecule has 0 bridgehead atoms. The Balaban J connectivity index is 5.16. The number of hydrogen-bond donors (Lipinski definition) is 2. The fraction of sp³-hybridized carbons (Fsp3) is 0.846. The van der Waals surface area contributed by atoms with Gasteiger partial charge >= 0.3 is 0 Å². The van der Waals surface area contributed by atoms with Crippen LogP contribution >= 0.6 is 0 Å². The molecule has 3 unspecified atom stereocenters. The Morgan fingerprint density at radius 1 is 1.20 bits per heavy atom. The fourth-order valence-electron chi connectivity index (χ4n) is 1.56. The van der Waals surface area contributed by atoms with Crippen molar-refractivity contribution in [1.29, 1.82) is 0 Å². The molecule has 0 aromatic rings. The first-order valence-corrected chi connectivity index (χ1v) is 5.58. The van der Waals surface area contributed by atoms with E-state index in [4.69, 9.17) is 5.11 Å². The summed E-state index contributed by atoms with van der Waals surface area (Å²) in [6.07, 6.45) is 0.172. The first-order chi connectivity index (χ1) is 6.65. The number of aliphatic hydroxyl groups is 2. The molecule has 0 aromatic carbocycles. The minimum Gasteiger partial charge on any atom is -0.381 e. The minimum atomic E-state index is -1.04. The van der Waals surface area contributed by atoms with Crippen molar-refractivity contribution in [3.8, 4) is 11.8 Å². The van der Waals surface area contributed by atoms with Crippen molar-refractivity contribution in [2.75, 3.05) is 0 Å². The van der Waals surface area contributed by atoms with E-state index < -0.39 is 11.7 Å². The highest BCUT2D eigenvalue weighted by Gasteiger charge is 2.42. The molecule has 0 radical (unpaired) electrons. The van der Waals surface area contributed by atoms with Gasteiger partial charge in [0.15, 0.2) is 0 Å². The van der Waals surface area contributed by atoms with E-state index in [1.54, 1.807) is 6.92 Å². The van der Waals surface area contributed by atoms with E-state index >= 15 is 0 Å². The number of rotatable bonds is 2. The molecule has 0 rings (SSSR count). The SMILES string of the molecule is CCC(C)C(O)(C#CC(C)O)C(C)(C)C. The molecule has 0 spiro atoms. The van der Waals surface area contributed by atoms with E-state index in [2.05, 4.69) is 11.8 Å². The van der Waals surface area contributed by atoms with Crippen molar-refractivity contribution in [2.24, 2.45) is 11.3 Å². The second-order valence-corrected chi connectivity index (χ2v) is 5.27. The van der Waals surface area contributed by atoms with Crippen LogP contribution in [0.3, 0.4) is 0 Å². The van der Waals surface area contributed by atoms with Crippen LogP contribution in [0.4, 0.5) is 0 Å². The summed E-state index contributed by atoms with van der Waals surface area (Å²) >= 11 is 0. The van der Waals surface area contributed by atoms with E-state index in [1.165, 1.54) is 0 Å². The van der Waals surface area contributed by atoms with Crippen molar-refractivity contribution in [3.05, 3.63) is 0 Å². The normalized spacial score (nSPS) is 19.7. The summed E-state index contributed by atoms with van der Waals surface area (Å²) in [5, 5.41) is 19.7. The molecule has 15 heavy (non-hydrogen) atoms. The van der Waals surface area contributed by atoms with Gasteiger partial charge in [-0.1, -0.05) is 46.5 Å². The van der Waals surface area contributed by atoms with Crippen molar-refractivity contribution in [1.82, 2.24) is 0 Å². The van der Waals surface area contributed by atoms with E-state index in [1.807, 2.05) is 34.6 Å². The Morgan fingerprint density at radius 2 is 1.67 bits per heavy atom. The highest BCUT2D eigenvalue weighted by Crippen LogP contribution is 2.37. The molecular weight excluding hydrogens is 188 g/mol. The standard InChI is InChI=1S/C13H24O2/c1-7-10(2)13(15,12(4,5)6)9-8-11(3)14/h10-11,14-15H,7H2,1-6H3. The second kappa shape index (κ2) is 5.01. The van der Waals surface area contributed by atoms with Crippen molar-refractivity contribution in [3.63, 3.8) is 0 Å². The van der Waals surface area contributed by atoms with E-state index in [0.717, 1.165) is 6.42 Å². The summed E-state index contributed by atoms with van der Waals surface area (Å²) in [4.78, 5) is 0. The van der Waals surface area contributed by atoms with Crippen LogP contribution in [0.2, 0.25) is 0 Å². The molecule has 2 N–H and O–H groups in total. The Bertz CT molecular complexity index is 252. The van der Waals surface area contributed by atoms with Gasteiger partial charge in [-0.05, 0) is 19.3 Å². The zero-order valence-electron chi connectivity index (χ0n) is 10.8. The summed E-state index contributed by atoms with van der Waals surface area (Å²) in [6.45, 7) is 11.5. The van der Waals surface area contributed by atoms with Crippen LogP contribution in [0.15, 0.2) is 0 Å². The van der Waals surface area contributed by atoms with E-state index in [-0.39, 0.29) is 11.3 Å². The summed E-state index contributed by atoms with van der Waals surface area (Å²) in [6, 6.07) is 0. The molecule has 3 atom stereocenters. The van der Waals surface area contributed by atoms with Gasteiger partial charge < -0.3 is 10.2 Å². The van der Waals surface area contributed by atoms with Crippen LogP contribution in [0.1, 0.15) is 48.0 Å². The van der Waals surface area contributed by atoms with Crippen LogP contribution in [0.5, 0.6) is 0 Å². The van der Waals surface area contributed by atoms with Gasteiger partial charge in [-0.3, -0.25) is 0 Å². The Labute approximate surface area is 93.7 Å². The average Bonchev–Trinajstić information content (AvgIpc) is 2.10. The molecule has 0 aromatic heterocycles. The smallest absolute Gasteiger partial charge is 0.132 e. The van der Waals surface area contributed by atoms with Crippen LogP contribution < -0.4 is 0 Å². The van der Waals surface area contributed by atoms with Crippen LogP contribution in [-0.4, -0.2) is 21.9 Å². The lowest BCUT2D eigenvalue weighted by Crippen LogP contribution is -2.47. The van der Waals surface area contributed by atoms with E-state index in [9.17, 15) is 5.11 Å². The zero-order chi connectivity index (χ0) is 12.3. The fourth-order valence-corrected chi connectivity index (χ4v) is 1.56. The Hall–Kier alpha value is -0.520. The first kappa shape index (κ1) is 14.5. The lowest BCUT2D eigenvalue weighted by atomic mass is 9.69. The molecule has 0 aliphatic rings. The Morgan fingerprint density at radius 3 is 1.93 bits per heavy atom. The Kier molecular flexibility index (Phi) is 4.83. The molecule has 0 aliphatic carbocycles. The number of aliphatic hydroxyl groups excluding tert-OH is 1. The van der Waals surface area contributed by atoms with E-state index in [0.29, 0.717) is 0 Å². The molecule has 0 aliphatic heterocycles. The molecule has 0 amide bonds. The molecule has 2 nitrogen and oxygen atoms in total. The van der Waals surface area contributed by atoms with Gasteiger partial charge in [0, 0.05) is 5.41 Å². The summed E-state index contributed by atoms with van der Waals surface area (Å²) in [5.74, 6) is 5.59. The maximum Gasteiger partial charge on any atom is 0.132 e. The largest absolute Gasteiger partial charge is 0.381 e. The molecular formula is C13H24O2. The van der Waals surface area contributed by atoms with Crippen molar-refractivity contribution < 1.29 is 10.2 Å². The van der Waals surface area contributed by atoms with Crippen LogP contribution in [0.25, 0.3) is 0 Å². The first-order valence-electron chi connectivity index (χ1n) is 5.58. The summed E-state index contributed by atoms with van der Waals surface area (Å²) in [7, 11) is 0.